The van der Waals surface area contributed by atoms with Crippen molar-refractivity contribution in [2.75, 3.05) is 26.2 Å². The van der Waals surface area contributed by atoms with Crippen LogP contribution in [0.2, 0.25) is 0 Å². The molecule has 0 aliphatic carbocycles. The van der Waals surface area contributed by atoms with Crippen LogP contribution in [0.3, 0.4) is 0 Å². The van der Waals surface area contributed by atoms with E-state index in [1.807, 2.05) is 0 Å². The van der Waals surface area contributed by atoms with Gasteiger partial charge in [0.05, 0.1) is 6.10 Å². The van der Waals surface area contributed by atoms with Gasteiger partial charge in [0.15, 0.2) is 0 Å². The second kappa shape index (κ2) is 6.91. The van der Waals surface area contributed by atoms with Gasteiger partial charge in [-0.1, -0.05) is 37.3 Å². The molecule has 0 radical (unpaired) electrons. The normalized spacial score (nSPS) is 34.2. The minimum Gasteiger partial charge on any atom is -0.378 e. The third kappa shape index (κ3) is 3.47. The van der Waals surface area contributed by atoms with Gasteiger partial charge in [-0.25, -0.2) is 0 Å². The Morgan fingerprint density at radius 2 is 2.10 bits per heavy atom. The van der Waals surface area contributed by atoms with E-state index < -0.39 is 0 Å². The van der Waals surface area contributed by atoms with E-state index in [4.69, 9.17) is 4.74 Å². The number of rotatable bonds is 4. The van der Waals surface area contributed by atoms with Crippen molar-refractivity contribution >= 4 is 0 Å². The molecule has 2 fully saturated rings. The Labute approximate surface area is 128 Å². The molecule has 0 spiro atoms. The second-order valence-corrected chi connectivity index (χ2v) is 6.51. The molecule has 2 aliphatic heterocycles. The minimum atomic E-state index is 0.424. The maximum atomic E-state index is 5.75. The highest BCUT2D eigenvalue weighted by atomic mass is 16.5. The average Bonchev–Trinajstić information content (AvgIpc) is 2.93. The standard InChI is InChI=1S/C18H28N2O/c1-3-17-11-19-18(15-7-5-4-6-8-15)13-20(17)12-16-9-10-21-14(16)2/h4-8,14,16-19H,3,9-13H2,1-2H3. The Hall–Kier alpha value is -0.900. The summed E-state index contributed by atoms with van der Waals surface area (Å²) in [6.45, 7) is 8.87. The first kappa shape index (κ1) is 15.0. The molecule has 3 nitrogen and oxygen atoms in total. The molecule has 1 N–H and O–H groups in total. The van der Waals surface area contributed by atoms with Crippen molar-refractivity contribution in [1.29, 1.82) is 0 Å². The van der Waals surface area contributed by atoms with Crippen molar-refractivity contribution in [2.24, 2.45) is 5.92 Å². The summed E-state index contributed by atoms with van der Waals surface area (Å²) in [4.78, 5) is 2.70. The van der Waals surface area contributed by atoms with Crippen LogP contribution in [0.4, 0.5) is 0 Å². The summed E-state index contributed by atoms with van der Waals surface area (Å²) in [5.74, 6) is 0.702. The molecule has 0 saturated carbocycles. The first-order chi connectivity index (χ1) is 10.3. The maximum Gasteiger partial charge on any atom is 0.0588 e. The first-order valence-electron chi connectivity index (χ1n) is 8.42. The third-order valence-electron chi connectivity index (χ3n) is 5.21. The summed E-state index contributed by atoms with van der Waals surface area (Å²) < 4.78 is 5.75. The zero-order valence-corrected chi connectivity index (χ0v) is 13.3. The quantitative estimate of drug-likeness (QED) is 0.922. The van der Waals surface area contributed by atoms with Gasteiger partial charge in [0.2, 0.25) is 0 Å². The van der Waals surface area contributed by atoms with Crippen LogP contribution in [0.5, 0.6) is 0 Å². The Bertz CT molecular complexity index is 436. The Morgan fingerprint density at radius 3 is 2.76 bits per heavy atom. The number of benzene rings is 1. The number of ether oxygens (including phenoxy) is 1. The van der Waals surface area contributed by atoms with Gasteiger partial charge >= 0.3 is 0 Å². The zero-order chi connectivity index (χ0) is 14.7. The molecule has 2 heterocycles. The third-order valence-corrected chi connectivity index (χ3v) is 5.21. The van der Waals surface area contributed by atoms with Gasteiger partial charge in [-0.05, 0) is 31.2 Å². The molecule has 1 aromatic rings. The lowest BCUT2D eigenvalue weighted by Crippen LogP contribution is -2.54. The van der Waals surface area contributed by atoms with Crippen molar-refractivity contribution in [2.45, 2.75) is 44.9 Å². The average molecular weight is 288 g/mol. The van der Waals surface area contributed by atoms with Gasteiger partial charge in [0.1, 0.15) is 0 Å². The second-order valence-electron chi connectivity index (χ2n) is 6.51. The van der Waals surface area contributed by atoms with E-state index in [0.717, 1.165) is 19.7 Å². The molecule has 1 aromatic carbocycles. The van der Waals surface area contributed by atoms with Crippen molar-refractivity contribution < 1.29 is 4.74 Å². The fraction of sp³-hybridized carbons (Fsp3) is 0.667. The summed E-state index contributed by atoms with van der Waals surface area (Å²) in [5, 5.41) is 3.73. The van der Waals surface area contributed by atoms with Crippen LogP contribution in [0.1, 0.15) is 38.3 Å². The van der Waals surface area contributed by atoms with Crippen molar-refractivity contribution in [1.82, 2.24) is 10.2 Å². The molecule has 0 aromatic heterocycles. The zero-order valence-electron chi connectivity index (χ0n) is 13.3. The lowest BCUT2D eigenvalue weighted by Gasteiger charge is -2.41. The van der Waals surface area contributed by atoms with Crippen LogP contribution in [0.15, 0.2) is 30.3 Å². The van der Waals surface area contributed by atoms with Crippen LogP contribution in [-0.2, 0) is 4.74 Å². The lowest BCUT2D eigenvalue weighted by molar-refractivity contribution is 0.0661. The van der Waals surface area contributed by atoms with Crippen LogP contribution in [-0.4, -0.2) is 43.3 Å². The van der Waals surface area contributed by atoms with Gasteiger partial charge in [0, 0.05) is 38.3 Å². The molecular formula is C18H28N2O. The Balaban J connectivity index is 1.67. The molecule has 0 amide bonds. The smallest absolute Gasteiger partial charge is 0.0588 e. The SMILES string of the molecule is CCC1CNC(c2ccccc2)CN1CC1CCOC1C. The largest absolute Gasteiger partial charge is 0.378 e. The molecular weight excluding hydrogens is 260 g/mol. The molecule has 21 heavy (non-hydrogen) atoms. The summed E-state index contributed by atoms with van der Waals surface area (Å²) in [5.41, 5.74) is 1.41. The highest BCUT2D eigenvalue weighted by Gasteiger charge is 2.32. The molecule has 116 valence electrons. The van der Waals surface area contributed by atoms with Crippen molar-refractivity contribution in [3.8, 4) is 0 Å². The molecule has 2 aliphatic rings. The van der Waals surface area contributed by atoms with E-state index in [1.165, 1.54) is 24.9 Å². The Morgan fingerprint density at radius 1 is 1.29 bits per heavy atom. The van der Waals surface area contributed by atoms with Crippen LogP contribution >= 0.6 is 0 Å². The summed E-state index contributed by atoms with van der Waals surface area (Å²) >= 11 is 0. The minimum absolute atomic E-state index is 0.424. The van der Waals surface area contributed by atoms with Crippen LogP contribution in [0, 0.1) is 5.92 Å². The van der Waals surface area contributed by atoms with E-state index in [2.05, 4.69) is 54.4 Å². The van der Waals surface area contributed by atoms with E-state index in [1.54, 1.807) is 0 Å². The monoisotopic (exact) mass is 288 g/mol. The number of hydrogen-bond donors (Lipinski definition) is 1. The molecule has 0 bridgehead atoms. The van der Waals surface area contributed by atoms with Gasteiger partial charge < -0.3 is 10.1 Å². The molecule has 3 rings (SSSR count). The van der Waals surface area contributed by atoms with Gasteiger partial charge in [0.25, 0.3) is 0 Å². The summed E-state index contributed by atoms with van der Waals surface area (Å²) in [6, 6.07) is 12.0. The van der Waals surface area contributed by atoms with Crippen LogP contribution < -0.4 is 5.32 Å². The topological polar surface area (TPSA) is 24.5 Å². The number of nitrogens with zero attached hydrogens (tertiary/aromatic N) is 1. The van der Waals surface area contributed by atoms with Gasteiger partial charge in [-0.3, -0.25) is 4.90 Å². The highest BCUT2D eigenvalue weighted by molar-refractivity contribution is 5.20. The highest BCUT2D eigenvalue weighted by Crippen LogP contribution is 2.26. The number of hydrogen-bond acceptors (Lipinski definition) is 3. The first-order valence-corrected chi connectivity index (χ1v) is 8.42. The maximum absolute atomic E-state index is 5.75. The molecule has 4 unspecified atom stereocenters. The Kier molecular flexibility index (Phi) is 4.94. The molecule has 2 saturated heterocycles. The van der Waals surface area contributed by atoms with Gasteiger partial charge in [-0.15, -0.1) is 0 Å². The predicted octanol–water partition coefficient (Wildman–Crippen LogP) is 2.84. The molecule has 3 heteroatoms. The van der Waals surface area contributed by atoms with Crippen molar-refractivity contribution in [3.05, 3.63) is 35.9 Å². The summed E-state index contributed by atoms with van der Waals surface area (Å²) in [6.07, 6.45) is 2.86. The van der Waals surface area contributed by atoms with Crippen LogP contribution in [0.25, 0.3) is 0 Å². The molecule has 4 atom stereocenters. The fourth-order valence-electron chi connectivity index (χ4n) is 3.71. The van der Waals surface area contributed by atoms with Gasteiger partial charge in [-0.2, -0.15) is 0 Å². The number of nitrogens with one attached hydrogen (secondary N) is 1. The number of piperazine rings is 1. The van der Waals surface area contributed by atoms with E-state index >= 15 is 0 Å². The van der Waals surface area contributed by atoms with Crippen molar-refractivity contribution in [3.63, 3.8) is 0 Å². The summed E-state index contributed by atoms with van der Waals surface area (Å²) in [7, 11) is 0. The van der Waals surface area contributed by atoms with E-state index in [-0.39, 0.29) is 0 Å². The predicted molar refractivity (Wildman–Crippen MR) is 86.4 cm³/mol. The fourth-order valence-corrected chi connectivity index (χ4v) is 3.71. The van der Waals surface area contributed by atoms with E-state index in [0.29, 0.717) is 24.1 Å². The lowest BCUT2D eigenvalue weighted by atomic mass is 9.96. The van der Waals surface area contributed by atoms with E-state index in [9.17, 15) is 0 Å².